The molecule has 3 heteroatoms. The van der Waals surface area contributed by atoms with Crippen molar-refractivity contribution in [2.75, 3.05) is 0 Å². The number of hydrogen-bond donors (Lipinski definition) is 1. The van der Waals surface area contributed by atoms with E-state index >= 15 is 0 Å². The molecule has 3 nitrogen and oxygen atoms in total. The number of Topliss-reactive ketones (excluding diaryl/α,β-unsaturated/α-hetero) is 1. The normalized spacial score (nSPS) is 36.4. The number of ketones is 1. The van der Waals surface area contributed by atoms with E-state index in [9.17, 15) is 14.7 Å². The van der Waals surface area contributed by atoms with Crippen LogP contribution >= 0.6 is 0 Å². The molecule has 0 bridgehead atoms. The fourth-order valence-electron chi connectivity index (χ4n) is 5.49. The molecular weight excluding hydrogens is 276 g/mol. The minimum Gasteiger partial charge on any atom is -0.507 e. The standard InChI is InChI=1S/C19H22O3/c1-19-7-6-13-14(16(19)4-5-18(19)22)3-2-11-9-17(21)12(10-20)8-15(11)13/h8-10,13-14,16,21H,2-7H2,1H3/t13-,14+,16-,19-/m0/s1. The van der Waals surface area contributed by atoms with Crippen molar-refractivity contribution < 1.29 is 14.7 Å². The van der Waals surface area contributed by atoms with Crippen LogP contribution in [0, 0.1) is 17.3 Å². The second-order valence-corrected chi connectivity index (χ2v) is 7.56. The molecule has 4 rings (SSSR count). The van der Waals surface area contributed by atoms with Gasteiger partial charge in [-0.1, -0.05) is 6.92 Å². The van der Waals surface area contributed by atoms with E-state index in [-0.39, 0.29) is 11.2 Å². The Labute approximate surface area is 130 Å². The van der Waals surface area contributed by atoms with Gasteiger partial charge in [0.05, 0.1) is 5.56 Å². The molecule has 0 spiro atoms. The largest absolute Gasteiger partial charge is 0.507 e. The highest BCUT2D eigenvalue weighted by Crippen LogP contribution is 2.59. The summed E-state index contributed by atoms with van der Waals surface area (Å²) >= 11 is 0. The summed E-state index contributed by atoms with van der Waals surface area (Å²) in [6.07, 6.45) is 6.56. The van der Waals surface area contributed by atoms with Crippen LogP contribution in [0.5, 0.6) is 5.75 Å². The van der Waals surface area contributed by atoms with E-state index < -0.39 is 0 Å². The van der Waals surface area contributed by atoms with Gasteiger partial charge in [-0.25, -0.2) is 0 Å². The van der Waals surface area contributed by atoms with Crippen molar-refractivity contribution in [3.8, 4) is 5.75 Å². The Morgan fingerprint density at radius 1 is 1.23 bits per heavy atom. The molecule has 3 aliphatic rings. The number of carbonyl (C=O) groups excluding carboxylic acids is 2. The second kappa shape index (κ2) is 4.68. The quantitative estimate of drug-likeness (QED) is 0.805. The van der Waals surface area contributed by atoms with Crippen molar-refractivity contribution in [3.05, 3.63) is 28.8 Å². The average molecular weight is 298 g/mol. The zero-order valence-corrected chi connectivity index (χ0v) is 13.0. The summed E-state index contributed by atoms with van der Waals surface area (Å²) in [4.78, 5) is 23.5. The summed E-state index contributed by atoms with van der Waals surface area (Å²) in [6.45, 7) is 2.17. The molecule has 3 aliphatic carbocycles. The number of phenolic OH excluding ortho intramolecular Hbond substituents is 1. The molecule has 2 fully saturated rings. The molecule has 0 aromatic heterocycles. The lowest BCUT2D eigenvalue weighted by Crippen LogP contribution is -2.42. The fraction of sp³-hybridized carbons (Fsp3) is 0.579. The summed E-state index contributed by atoms with van der Waals surface area (Å²) < 4.78 is 0. The highest BCUT2D eigenvalue weighted by molar-refractivity contribution is 5.87. The Morgan fingerprint density at radius 2 is 2.05 bits per heavy atom. The molecule has 0 saturated heterocycles. The number of rotatable bonds is 1. The van der Waals surface area contributed by atoms with E-state index in [1.54, 1.807) is 6.07 Å². The highest BCUT2D eigenvalue weighted by Gasteiger charge is 2.54. The molecule has 2 saturated carbocycles. The van der Waals surface area contributed by atoms with Gasteiger partial charge >= 0.3 is 0 Å². The van der Waals surface area contributed by atoms with Crippen molar-refractivity contribution in [2.45, 2.75) is 51.4 Å². The zero-order chi connectivity index (χ0) is 15.5. The predicted molar refractivity (Wildman–Crippen MR) is 83.1 cm³/mol. The number of phenols is 1. The Kier molecular flexibility index (Phi) is 2.97. The van der Waals surface area contributed by atoms with Gasteiger partial charge in [-0.2, -0.15) is 0 Å². The van der Waals surface area contributed by atoms with E-state index in [4.69, 9.17) is 0 Å². The van der Waals surface area contributed by atoms with Gasteiger partial charge in [-0.3, -0.25) is 9.59 Å². The minimum atomic E-state index is -0.108. The molecule has 1 aromatic carbocycles. The fourth-order valence-corrected chi connectivity index (χ4v) is 5.49. The van der Waals surface area contributed by atoms with Crippen LogP contribution in [0.25, 0.3) is 0 Å². The Hall–Kier alpha value is -1.64. The first kappa shape index (κ1) is 14.0. The van der Waals surface area contributed by atoms with Gasteiger partial charge in [-0.15, -0.1) is 0 Å². The van der Waals surface area contributed by atoms with Gasteiger partial charge in [0.1, 0.15) is 11.5 Å². The van der Waals surface area contributed by atoms with Gasteiger partial charge in [0.25, 0.3) is 0 Å². The smallest absolute Gasteiger partial charge is 0.153 e. The number of hydrogen-bond acceptors (Lipinski definition) is 3. The zero-order valence-electron chi connectivity index (χ0n) is 13.0. The lowest BCUT2D eigenvalue weighted by Gasteiger charge is -2.48. The third kappa shape index (κ3) is 1.74. The third-order valence-corrected chi connectivity index (χ3v) is 6.71. The number of fused-ring (bicyclic) bond motifs is 5. The highest BCUT2D eigenvalue weighted by atomic mass is 16.3. The molecular formula is C19H22O3. The summed E-state index contributed by atoms with van der Waals surface area (Å²) in [5, 5.41) is 9.91. The van der Waals surface area contributed by atoms with Gasteiger partial charge in [0, 0.05) is 11.8 Å². The number of aromatic hydroxyl groups is 1. The summed E-state index contributed by atoms with van der Waals surface area (Å²) in [7, 11) is 0. The first-order valence-electron chi connectivity index (χ1n) is 8.39. The van der Waals surface area contributed by atoms with Crippen LogP contribution in [0.2, 0.25) is 0 Å². The SMILES string of the molecule is C[C@]12CC[C@@H]3c4cc(C=O)c(O)cc4CC[C@H]3[C@@H]1CCC2=O. The van der Waals surface area contributed by atoms with Gasteiger partial charge in [0.15, 0.2) is 6.29 Å². The van der Waals surface area contributed by atoms with Gasteiger partial charge in [0.2, 0.25) is 0 Å². The molecule has 1 aromatic rings. The van der Waals surface area contributed by atoms with E-state index in [0.717, 1.165) is 44.8 Å². The predicted octanol–water partition coefficient (Wildman–Crippen LogP) is 3.63. The molecule has 0 aliphatic heterocycles. The van der Waals surface area contributed by atoms with E-state index in [1.165, 1.54) is 11.1 Å². The first-order valence-corrected chi connectivity index (χ1v) is 8.39. The number of carbonyl (C=O) groups is 2. The van der Waals surface area contributed by atoms with Crippen molar-refractivity contribution >= 4 is 12.1 Å². The van der Waals surface area contributed by atoms with E-state index in [2.05, 4.69) is 6.92 Å². The van der Waals surface area contributed by atoms with Crippen molar-refractivity contribution in [1.82, 2.24) is 0 Å². The van der Waals surface area contributed by atoms with Gasteiger partial charge < -0.3 is 5.11 Å². The Balaban J connectivity index is 1.75. The van der Waals surface area contributed by atoms with Crippen LogP contribution in [0.15, 0.2) is 12.1 Å². The maximum Gasteiger partial charge on any atom is 0.153 e. The van der Waals surface area contributed by atoms with Crippen LogP contribution in [0.4, 0.5) is 0 Å². The van der Waals surface area contributed by atoms with Crippen LogP contribution in [-0.2, 0) is 11.2 Å². The second-order valence-electron chi connectivity index (χ2n) is 7.56. The van der Waals surface area contributed by atoms with Crippen LogP contribution < -0.4 is 0 Å². The van der Waals surface area contributed by atoms with E-state index in [1.807, 2.05) is 6.07 Å². The summed E-state index contributed by atoms with van der Waals surface area (Å²) in [5.41, 5.74) is 2.73. The first-order chi connectivity index (χ1) is 10.5. The lowest BCUT2D eigenvalue weighted by atomic mass is 9.55. The monoisotopic (exact) mass is 298 g/mol. The molecule has 0 unspecified atom stereocenters. The summed E-state index contributed by atoms with van der Waals surface area (Å²) in [6, 6.07) is 3.68. The molecule has 4 atom stereocenters. The van der Waals surface area contributed by atoms with Crippen molar-refractivity contribution in [2.24, 2.45) is 17.3 Å². The number of benzene rings is 1. The number of aldehydes is 1. The van der Waals surface area contributed by atoms with E-state index in [0.29, 0.717) is 29.1 Å². The number of aryl methyl sites for hydroxylation is 1. The third-order valence-electron chi connectivity index (χ3n) is 6.71. The van der Waals surface area contributed by atoms with Crippen LogP contribution in [-0.4, -0.2) is 17.2 Å². The molecule has 0 radical (unpaired) electrons. The molecule has 116 valence electrons. The molecule has 22 heavy (non-hydrogen) atoms. The maximum absolute atomic E-state index is 12.3. The molecule has 1 N–H and O–H groups in total. The molecule has 0 heterocycles. The summed E-state index contributed by atoms with van der Waals surface area (Å²) in [5.74, 6) is 2.07. The van der Waals surface area contributed by atoms with Crippen LogP contribution in [0.3, 0.4) is 0 Å². The Bertz CT molecular complexity index is 663. The maximum atomic E-state index is 12.3. The average Bonchev–Trinajstić information content (AvgIpc) is 2.82. The van der Waals surface area contributed by atoms with Crippen molar-refractivity contribution in [3.63, 3.8) is 0 Å². The Morgan fingerprint density at radius 3 is 2.82 bits per heavy atom. The minimum absolute atomic E-state index is 0.101. The topological polar surface area (TPSA) is 54.4 Å². The van der Waals surface area contributed by atoms with Crippen LogP contribution in [0.1, 0.15) is 66.4 Å². The van der Waals surface area contributed by atoms with Crippen molar-refractivity contribution in [1.29, 1.82) is 0 Å². The molecule has 0 amide bonds. The van der Waals surface area contributed by atoms with Gasteiger partial charge in [-0.05, 0) is 73.1 Å². The lowest BCUT2D eigenvalue weighted by molar-refractivity contribution is -0.129.